The van der Waals surface area contributed by atoms with Crippen molar-refractivity contribution in [3.63, 3.8) is 0 Å². The minimum Gasteiger partial charge on any atom is -0.326 e. The number of likely N-dealkylation sites (N-methyl/N-ethyl adjacent to an activating group) is 1. The van der Waals surface area contributed by atoms with E-state index in [0.717, 1.165) is 25.9 Å². The standard InChI is InChI=1S/C19H29N3O3S/c1-21-11-13-22(14-12-21)26(24,25)18-9-7-17(8-10-18)20-19(23)15-16-5-3-2-4-6-16/h7-10,16H,2-6,11-15H2,1H3,(H,20,23). The van der Waals surface area contributed by atoms with Crippen LogP contribution in [-0.4, -0.2) is 56.8 Å². The lowest BCUT2D eigenvalue weighted by Crippen LogP contribution is -2.46. The van der Waals surface area contributed by atoms with Crippen molar-refractivity contribution in [2.24, 2.45) is 5.92 Å². The van der Waals surface area contributed by atoms with Crippen molar-refractivity contribution in [3.8, 4) is 0 Å². The fourth-order valence-electron chi connectivity index (χ4n) is 3.75. The summed E-state index contributed by atoms with van der Waals surface area (Å²) in [4.78, 5) is 14.6. The van der Waals surface area contributed by atoms with Gasteiger partial charge in [-0.2, -0.15) is 4.31 Å². The van der Waals surface area contributed by atoms with Crippen molar-refractivity contribution < 1.29 is 13.2 Å². The summed E-state index contributed by atoms with van der Waals surface area (Å²) in [6, 6.07) is 6.54. The van der Waals surface area contributed by atoms with Gasteiger partial charge >= 0.3 is 0 Å². The molecule has 6 nitrogen and oxygen atoms in total. The quantitative estimate of drug-likeness (QED) is 0.853. The van der Waals surface area contributed by atoms with E-state index in [1.54, 1.807) is 24.3 Å². The van der Waals surface area contributed by atoms with E-state index in [9.17, 15) is 13.2 Å². The number of sulfonamides is 1. The van der Waals surface area contributed by atoms with Crippen molar-refractivity contribution in [1.29, 1.82) is 0 Å². The zero-order chi connectivity index (χ0) is 18.6. The lowest BCUT2D eigenvalue weighted by Gasteiger charge is -2.31. The minimum atomic E-state index is -3.46. The molecule has 0 bridgehead atoms. The maximum atomic E-state index is 12.7. The third-order valence-corrected chi connectivity index (χ3v) is 7.35. The maximum absolute atomic E-state index is 12.7. The Balaban J connectivity index is 1.58. The third kappa shape index (κ3) is 4.84. The van der Waals surface area contributed by atoms with Crippen LogP contribution in [0.4, 0.5) is 5.69 Å². The van der Waals surface area contributed by atoms with Gasteiger partial charge in [0.25, 0.3) is 0 Å². The highest BCUT2D eigenvalue weighted by molar-refractivity contribution is 7.89. The van der Waals surface area contributed by atoms with Crippen LogP contribution in [0, 0.1) is 5.92 Å². The van der Waals surface area contributed by atoms with Gasteiger partial charge in [0, 0.05) is 38.3 Å². The number of hydrogen-bond acceptors (Lipinski definition) is 4. The topological polar surface area (TPSA) is 69.7 Å². The number of amides is 1. The van der Waals surface area contributed by atoms with Gasteiger partial charge in [0.05, 0.1) is 4.90 Å². The first-order valence-electron chi connectivity index (χ1n) is 9.54. The van der Waals surface area contributed by atoms with E-state index >= 15 is 0 Å². The van der Waals surface area contributed by atoms with E-state index in [2.05, 4.69) is 10.2 Å². The lowest BCUT2D eigenvalue weighted by molar-refractivity contribution is -0.117. The molecule has 144 valence electrons. The Hall–Kier alpha value is -1.44. The SMILES string of the molecule is CN1CCN(S(=O)(=O)c2ccc(NC(=O)CC3CCCCC3)cc2)CC1. The molecule has 1 aromatic rings. The molecule has 1 aromatic carbocycles. The average Bonchev–Trinajstić information content (AvgIpc) is 2.63. The fourth-order valence-corrected chi connectivity index (χ4v) is 5.18. The second-order valence-electron chi connectivity index (χ2n) is 7.49. The summed E-state index contributed by atoms with van der Waals surface area (Å²) in [7, 11) is -1.46. The van der Waals surface area contributed by atoms with Crippen LogP contribution in [0.5, 0.6) is 0 Å². The molecule has 2 aliphatic rings. The van der Waals surface area contributed by atoms with Crippen molar-refractivity contribution in [1.82, 2.24) is 9.21 Å². The Morgan fingerprint density at radius 2 is 1.65 bits per heavy atom. The molecular formula is C19H29N3O3S. The van der Waals surface area contributed by atoms with Crippen LogP contribution < -0.4 is 5.32 Å². The molecule has 1 saturated carbocycles. The number of anilines is 1. The summed E-state index contributed by atoms with van der Waals surface area (Å²) >= 11 is 0. The number of benzene rings is 1. The van der Waals surface area contributed by atoms with E-state index in [1.807, 2.05) is 7.05 Å². The summed E-state index contributed by atoms with van der Waals surface area (Å²) < 4.78 is 27.0. The summed E-state index contributed by atoms with van der Waals surface area (Å²) in [5.74, 6) is 0.507. The van der Waals surface area contributed by atoms with Crippen LogP contribution in [0.2, 0.25) is 0 Å². The van der Waals surface area contributed by atoms with Crippen molar-refractivity contribution in [2.75, 3.05) is 38.5 Å². The third-order valence-electron chi connectivity index (χ3n) is 5.44. The predicted octanol–water partition coefficient (Wildman–Crippen LogP) is 2.53. The Bertz CT molecular complexity index is 704. The van der Waals surface area contributed by atoms with E-state index in [-0.39, 0.29) is 10.8 Å². The summed E-state index contributed by atoms with van der Waals surface area (Å²) in [6.45, 7) is 2.51. The van der Waals surface area contributed by atoms with E-state index in [1.165, 1.54) is 23.6 Å². The first kappa shape index (κ1) is 19.3. The van der Waals surface area contributed by atoms with Crippen LogP contribution in [0.1, 0.15) is 38.5 Å². The molecule has 0 radical (unpaired) electrons. The van der Waals surface area contributed by atoms with Gasteiger partial charge in [-0.3, -0.25) is 4.79 Å². The number of nitrogens with zero attached hydrogens (tertiary/aromatic N) is 2. The number of carbonyl (C=O) groups excluding carboxylic acids is 1. The molecule has 2 fully saturated rings. The highest BCUT2D eigenvalue weighted by Crippen LogP contribution is 2.27. The molecule has 1 saturated heterocycles. The van der Waals surface area contributed by atoms with E-state index in [0.29, 0.717) is 31.1 Å². The van der Waals surface area contributed by atoms with Crippen molar-refractivity contribution in [3.05, 3.63) is 24.3 Å². The molecule has 7 heteroatoms. The number of hydrogen-bond donors (Lipinski definition) is 1. The van der Waals surface area contributed by atoms with Gasteiger partial charge in [0.2, 0.25) is 15.9 Å². The van der Waals surface area contributed by atoms with Crippen molar-refractivity contribution in [2.45, 2.75) is 43.4 Å². The maximum Gasteiger partial charge on any atom is 0.243 e. The second-order valence-corrected chi connectivity index (χ2v) is 9.43. The Labute approximate surface area is 156 Å². The fraction of sp³-hybridized carbons (Fsp3) is 0.632. The van der Waals surface area contributed by atoms with Gasteiger partial charge in [-0.1, -0.05) is 19.3 Å². The lowest BCUT2D eigenvalue weighted by atomic mass is 9.87. The highest BCUT2D eigenvalue weighted by atomic mass is 32.2. The average molecular weight is 380 g/mol. The molecule has 0 aromatic heterocycles. The molecule has 1 heterocycles. The molecule has 3 rings (SSSR count). The van der Waals surface area contributed by atoms with Crippen LogP contribution in [-0.2, 0) is 14.8 Å². The van der Waals surface area contributed by atoms with Gasteiger partial charge in [-0.05, 0) is 50.1 Å². The van der Waals surface area contributed by atoms with E-state index in [4.69, 9.17) is 0 Å². The predicted molar refractivity (Wildman–Crippen MR) is 103 cm³/mol. The normalized spacial score (nSPS) is 20.8. The molecule has 1 aliphatic heterocycles. The molecule has 0 atom stereocenters. The summed E-state index contributed by atoms with van der Waals surface area (Å²) in [5, 5.41) is 2.90. The first-order valence-corrected chi connectivity index (χ1v) is 11.0. The first-order chi connectivity index (χ1) is 12.4. The van der Waals surface area contributed by atoms with Gasteiger partial charge < -0.3 is 10.2 Å². The Morgan fingerprint density at radius 3 is 2.27 bits per heavy atom. The molecule has 1 amide bonds. The van der Waals surface area contributed by atoms with Gasteiger partial charge in [-0.25, -0.2) is 8.42 Å². The van der Waals surface area contributed by atoms with Gasteiger partial charge in [0.15, 0.2) is 0 Å². The molecule has 1 N–H and O–H groups in total. The number of piperazine rings is 1. The number of rotatable bonds is 5. The highest BCUT2D eigenvalue weighted by Gasteiger charge is 2.27. The monoisotopic (exact) mass is 379 g/mol. The zero-order valence-electron chi connectivity index (χ0n) is 15.5. The number of nitrogens with one attached hydrogen (secondary N) is 1. The van der Waals surface area contributed by atoms with Crippen LogP contribution >= 0.6 is 0 Å². The van der Waals surface area contributed by atoms with Gasteiger partial charge in [0.1, 0.15) is 0 Å². The minimum absolute atomic E-state index is 0.0200. The molecule has 1 aliphatic carbocycles. The molecular weight excluding hydrogens is 350 g/mol. The smallest absolute Gasteiger partial charge is 0.243 e. The zero-order valence-corrected chi connectivity index (χ0v) is 16.3. The van der Waals surface area contributed by atoms with E-state index < -0.39 is 10.0 Å². The van der Waals surface area contributed by atoms with Crippen LogP contribution in [0.15, 0.2) is 29.2 Å². The summed E-state index contributed by atoms with van der Waals surface area (Å²) in [6.07, 6.45) is 6.54. The molecule has 0 spiro atoms. The second kappa shape index (κ2) is 8.50. The van der Waals surface area contributed by atoms with Crippen LogP contribution in [0.25, 0.3) is 0 Å². The molecule has 0 unspecified atom stereocenters. The largest absolute Gasteiger partial charge is 0.326 e. The number of carbonyl (C=O) groups is 1. The van der Waals surface area contributed by atoms with Gasteiger partial charge in [-0.15, -0.1) is 0 Å². The Kier molecular flexibility index (Phi) is 6.32. The Morgan fingerprint density at radius 1 is 1.04 bits per heavy atom. The van der Waals surface area contributed by atoms with Crippen LogP contribution in [0.3, 0.4) is 0 Å². The molecule has 26 heavy (non-hydrogen) atoms. The summed E-state index contributed by atoms with van der Waals surface area (Å²) in [5.41, 5.74) is 0.656. The van der Waals surface area contributed by atoms with Crippen molar-refractivity contribution >= 4 is 21.6 Å².